The highest BCUT2D eigenvalue weighted by molar-refractivity contribution is 6.35. The second kappa shape index (κ2) is 10.9. The number of phenolic OH excluding ortho intramolecular Hbond substituents is 1. The molecule has 7 rings (SSSR count). The number of phenols is 1. The lowest BCUT2D eigenvalue weighted by atomic mass is 9.96. The van der Waals surface area contributed by atoms with E-state index in [1.54, 1.807) is 12.1 Å². The van der Waals surface area contributed by atoms with E-state index in [1.165, 1.54) is 6.07 Å². The van der Waals surface area contributed by atoms with Gasteiger partial charge in [0, 0.05) is 42.7 Å². The molecule has 4 aromatic rings. The van der Waals surface area contributed by atoms with Crippen LogP contribution >= 0.6 is 11.6 Å². The number of aromatic nitrogens is 2. The minimum absolute atomic E-state index is 0.00458. The van der Waals surface area contributed by atoms with Gasteiger partial charge in [-0.15, -0.1) is 0 Å². The highest BCUT2D eigenvalue weighted by Gasteiger charge is 2.34. The molecule has 3 atom stereocenters. The lowest BCUT2D eigenvalue weighted by Crippen LogP contribution is -2.51. The molecule has 3 saturated heterocycles. The van der Waals surface area contributed by atoms with Crippen LogP contribution in [0.4, 0.5) is 14.6 Å². The molecule has 41 heavy (non-hydrogen) atoms. The predicted molar refractivity (Wildman–Crippen MR) is 157 cm³/mol. The van der Waals surface area contributed by atoms with E-state index in [2.05, 4.69) is 20.1 Å². The third kappa shape index (κ3) is 5.15. The number of nitrogens with one attached hydrogen (secondary N) is 1. The van der Waals surface area contributed by atoms with E-state index < -0.39 is 12.0 Å². The van der Waals surface area contributed by atoms with E-state index >= 15 is 4.39 Å². The number of benzene rings is 3. The molecule has 3 fully saturated rings. The number of nitrogens with zero attached hydrogens (tertiary/aromatic N) is 4. The number of anilines is 1. The standard InChI is InChI=1S/C31H32ClF2N5O2/c32-26-13-25-29(28(34)27(26)24-12-22(40)11-18-5-1-2-6-23(18)24)36-31(41-17-19(33)14-38-9-3-4-10-38)37-30(25)39-15-20-7-8-21(16-39)35-20/h1-2,5-6,11-13,19-21,35,40H,3-4,7-10,14-17H2/t19-,20?,21?/m1/s1. The summed E-state index contributed by atoms with van der Waals surface area (Å²) >= 11 is 6.81. The normalized spacial score (nSPS) is 21.7. The van der Waals surface area contributed by atoms with Gasteiger partial charge in [0.25, 0.3) is 0 Å². The summed E-state index contributed by atoms with van der Waals surface area (Å²) < 4.78 is 37.3. The fourth-order valence-electron chi connectivity index (χ4n) is 6.65. The minimum atomic E-state index is -1.21. The fourth-order valence-corrected chi connectivity index (χ4v) is 6.94. The van der Waals surface area contributed by atoms with Crippen molar-refractivity contribution in [2.45, 2.75) is 43.9 Å². The van der Waals surface area contributed by atoms with Crippen LogP contribution < -0.4 is 15.0 Å². The molecule has 4 heterocycles. The topological polar surface area (TPSA) is 73.8 Å². The van der Waals surface area contributed by atoms with Gasteiger partial charge in [0.05, 0.1) is 5.02 Å². The van der Waals surface area contributed by atoms with Gasteiger partial charge in [0.15, 0.2) is 5.82 Å². The molecule has 3 aliphatic heterocycles. The molecule has 0 amide bonds. The number of hydrogen-bond donors (Lipinski definition) is 2. The summed E-state index contributed by atoms with van der Waals surface area (Å²) in [6.45, 7) is 3.28. The zero-order valence-corrected chi connectivity index (χ0v) is 23.4. The monoisotopic (exact) mass is 579 g/mol. The maximum absolute atomic E-state index is 16.6. The maximum atomic E-state index is 16.6. The summed E-state index contributed by atoms with van der Waals surface area (Å²) in [7, 11) is 0. The summed E-state index contributed by atoms with van der Waals surface area (Å²) in [5, 5.41) is 16.2. The molecule has 3 aliphatic rings. The van der Waals surface area contributed by atoms with Crippen LogP contribution in [-0.4, -0.2) is 77.6 Å². The molecule has 0 aliphatic carbocycles. The number of halogens is 3. The zero-order valence-electron chi connectivity index (χ0n) is 22.6. The summed E-state index contributed by atoms with van der Waals surface area (Å²) in [6.07, 6.45) is 3.08. The summed E-state index contributed by atoms with van der Waals surface area (Å²) in [4.78, 5) is 13.4. The van der Waals surface area contributed by atoms with E-state index in [-0.39, 0.29) is 34.5 Å². The Morgan fingerprint density at radius 1 is 1.05 bits per heavy atom. The van der Waals surface area contributed by atoms with Gasteiger partial charge in [-0.05, 0) is 73.3 Å². The van der Waals surface area contributed by atoms with Crippen LogP contribution in [0, 0.1) is 5.82 Å². The molecular weight excluding hydrogens is 548 g/mol. The molecule has 3 aromatic carbocycles. The van der Waals surface area contributed by atoms with Gasteiger partial charge in [0.1, 0.15) is 29.9 Å². The Labute approximate surface area is 242 Å². The Morgan fingerprint density at radius 2 is 1.80 bits per heavy atom. The van der Waals surface area contributed by atoms with Crippen LogP contribution in [-0.2, 0) is 0 Å². The number of hydrogen-bond acceptors (Lipinski definition) is 7. The Hall–Kier alpha value is -3.27. The minimum Gasteiger partial charge on any atom is -0.508 e. The van der Waals surface area contributed by atoms with Crippen molar-refractivity contribution in [2.75, 3.05) is 44.2 Å². The summed E-state index contributed by atoms with van der Waals surface area (Å²) in [5.41, 5.74) is 0.652. The Morgan fingerprint density at radius 3 is 2.59 bits per heavy atom. The average Bonchev–Trinajstić information content (AvgIpc) is 3.60. The van der Waals surface area contributed by atoms with Crippen molar-refractivity contribution in [3.05, 3.63) is 53.3 Å². The van der Waals surface area contributed by atoms with E-state index in [9.17, 15) is 9.50 Å². The Balaban J connectivity index is 1.32. The van der Waals surface area contributed by atoms with Gasteiger partial charge < -0.3 is 25.0 Å². The van der Waals surface area contributed by atoms with Crippen LogP contribution in [0.15, 0.2) is 42.5 Å². The lowest BCUT2D eigenvalue weighted by molar-refractivity contribution is 0.144. The highest BCUT2D eigenvalue weighted by atomic mass is 35.5. The smallest absolute Gasteiger partial charge is 0.319 e. The average molecular weight is 580 g/mol. The second-order valence-corrected chi connectivity index (χ2v) is 11.9. The van der Waals surface area contributed by atoms with E-state index in [0.717, 1.165) is 49.5 Å². The van der Waals surface area contributed by atoms with Crippen LogP contribution in [0.1, 0.15) is 25.7 Å². The van der Waals surface area contributed by atoms with Gasteiger partial charge in [0.2, 0.25) is 0 Å². The third-order valence-electron chi connectivity index (χ3n) is 8.52. The van der Waals surface area contributed by atoms with Crippen molar-refractivity contribution >= 4 is 39.1 Å². The molecule has 214 valence electrons. The number of piperazine rings is 1. The number of ether oxygens (including phenoxy) is 1. The first-order valence-corrected chi connectivity index (χ1v) is 14.7. The summed E-state index contributed by atoms with van der Waals surface area (Å²) in [5.74, 6) is -0.0971. The molecular formula is C31H32ClF2N5O2. The lowest BCUT2D eigenvalue weighted by Gasteiger charge is -2.34. The molecule has 7 nitrogen and oxygen atoms in total. The fraction of sp³-hybridized carbons (Fsp3) is 0.419. The molecule has 0 spiro atoms. The van der Waals surface area contributed by atoms with Gasteiger partial charge in [-0.1, -0.05) is 35.9 Å². The van der Waals surface area contributed by atoms with Crippen molar-refractivity contribution in [3.63, 3.8) is 0 Å². The molecule has 1 aromatic heterocycles. The van der Waals surface area contributed by atoms with Crippen molar-refractivity contribution < 1.29 is 18.6 Å². The van der Waals surface area contributed by atoms with Gasteiger partial charge in [-0.25, -0.2) is 8.78 Å². The van der Waals surface area contributed by atoms with Crippen LogP contribution in [0.3, 0.4) is 0 Å². The molecule has 0 radical (unpaired) electrons. The van der Waals surface area contributed by atoms with Crippen molar-refractivity contribution in [3.8, 4) is 22.9 Å². The second-order valence-electron chi connectivity index (χ2n) is 11.4. The quantitative estimate of drug-likeness (QED) is 0.291. The zero-order chi connectivity index (χ0) is 28.1. The van der Waals surface area contributed by atoms with Crippen LogP contribution in [0.25, 0.3) is 32.8 Å². The highest BCUT2D eigenvalue weighted by Crippen LogP contribution is 2.42. The number of fused-ring (bicyclic) bond motifs is 4. The van der Waals surface area contributed by atoms with Crippen LogP contribution in [0.5, 0.6) is 11.8 Å². The summed E-state index contributed by atoms with van der Waals surface area (Å²) in [6, 6.07) is 12.8. The molecule has 2 N–H and O–H groups in total. The van der Waals surface area contributed by atoms with E-state index in [0.29, 0.717) is 48.5 Å². The SMILES string of the molecule is Oc1cc(-c2c(Cl)cc3c(N4CC5CCC(C4)N5)nc(OC[C@H](F)CN4CCCC4)nc3c2F)c2ccccc2c1. The third-order valence-corrected chi connectivity index (χ3v) is 8.82. The van der Waals surface area contributed by atoms with E-state index in [1.807, 2.05) is 24.3 Å². The first-order valence-electron chi connectivity index (χ1n) is 14.3. The number of likely N-dealkylation sites (tertiary alicyclic amines) is 1. The molecule has 2 unspecified atom stereocenters. The maximum Gasteiger partial charge on any atom is 0.319 e. The van der Waals surface area contributed by atoms with Crippen molar-refractivity contribution in [1.82, 2.24) is 20.2 Å². The van der Waals surface area contributed by atoms with Gasteiger partial charge in [-0.3, -0.25) is 0 Å². The first kappa shape index (κ1) is 26.6. The number of rotatable bonds is 7. The molecule has 2 bridgehead atoms. The van der Waals surface area contributed by atoms with Crippen molar-refractivity contribution in [1.29, 1.82) is 0 Å². The number of alkyl halides is 1. The Bertz CT molecular complexity index is 1600. The largest absolute Gasteiger partial charge is 0.508 e. The van der Waals surface area contributed by atoms with Crippen molar-refractivity contribution in [2.24, 2.45) is 0 Å². The van der Waals surface area contributed by atoms with E-state index in [4.69, 9.17) is 21.3 Å². The Kier molecular flexibility index (Phi) is 7.05. The van der Waals surface area contributed by atoms with Gasteiger partial charge in [-0.2, -0.15) is 9.97 Å². The number of aromatic hydroxyl groups is 1. The predicted octanol–water partition coefficient (Wildman–Crippen LogP) is 5.70. The molecule has 10 heteroatoms. The van der Waals surface area contributed by atoms with Crippen LogP contribution in [0.2, 0.25) is 5.02 Å². The first-order chi connectivity index (χ1) is 19.9. The van der Waals surface area contributed by atoms with Gasteiger partial charge >= 0.3 is 6.01 Å². The molecule has 0 saturated carbocycles.